The van der Waals surface area contributed by atoms with Crippen molar-refractivity contribution < 1.29 is 9.53 Å². The molecule has 1 N–H and O–H groups in total. The Balaban J connectivity index is 2.31. The molecule has 1 aliphatic rings. The predicted octanol–water partition coefficient (Wildman–Crippen LogP) is 2.04. The Hall–Kier alpha value is -0.610. The fraction of sp³-hybridized carbons (Fsp3) is 0.933. The maximum Gasteiger partial charge on any atom is 0.323 e. The van der Waals surface area contributed by atoms with E-state index in [4.69, 9.17) is 4.74 Å². The van der Waals surface area contributed by atoms with Crippen LogP contribution in [0.3, 0.4) is 0 Å². The van der Waals surface area contributed by atoms with Gasteiger partial charge in [-0.15, -0.1) is 0 Å². The predicted molar refractivity (Wildman–Crippen MR) is 78.2 cm³/mol. The molecule has 0 spiro atoms. The van der Waals surface area contributed by atoms with Crippen molar-refractivity contribution in [3.63, 3.8) is 0 Å². The van der Waals surface area contributed by atoms with E-state index in [9.17, 15) is 4.79 Å². The highest BCUT2D eigenvalue weighted by molar-refractivity contribution is 5.75. The summed E-state index contributed by atoms with van der Waals surface area (Å²) in [6, 6.07) is -0.162. The Kier molecular flexibility index (Phi) is 8.07. The molecule has 1 rings (SSSR count). The number of likely N-dealkylation sites (tertiary alicyclic amines) is 1. The molecule has 1 aliphatic heterocycles. The molecule has 1 heterocycles. The maximum atomic E-state index is 11.7. The highest BCUT2D eigenvalue weighted by Gasteiger charge is 2.20. The number of nitrogens with zero attached hydrogens (tertiary/aromatic N) is 1. The van der Waals surface area contributed by atoms with Crippen LogP contribution in [0.2, 0.25) is 0 Å². The summed E-state index contributed by atoms with van der Waals surface area (Å²) in [6.07, 6.45) is 6.10. The molecule has 0 bridgehead atoms. The van der Waals surface area contributed by atoms with Crippen molar-refractivity contribution in [2.75, 3.05) is 33.3 Å². The number of likely N-dealkylation sites (N-methyl/N-ethyl adjacent to an activating group) is 1. The van der Waals surface area contributed by atoms with Gasteiger partial charge >= 0.3 is 5.97 Å². The zero-order chi connectivity index (χ0) is 14.1. The second-order valence-corrected chi connectivity index (χ2v) is 5.43. The minimum absolute atomic E-state index is 0.119. The number of rotatable bonds is 7. The molecule has 0 saturated carbocycles. The van der Waals surface area contributed by atoms with Gasteiger partial charge in [-0.05, 0) is 58.7 Å². The summed E-state index contributed by atoms with van der Waals surface area (Å²) < 4.78 is 5.07. The van der Waals surface area contributed by atoms with E-state index >= 15 is 0 Å². The van der Waals surface area contributed by atoms with Crippen LogP contribution in [0, 0.1) is 5.92 Å². The third-order valence-corrected chi connectivity index (χ3v) is 4.17. The third kappa shape index (κ3) is 5.91. The summed E-state index contributed by atoms with van der Waals surface area (Å²) in [7, 11) is 1.83. The van der Waals surface area contributed by atoms with E-state index in [2.05, 4.69) is 17.1 Å². The molecule has 1 saturated heterocycles. The number of hydrogen-bond acceptors (Lipinski definition) is 4. The van der Waals surface area contributed by atoms with E-state index < -0.39 is 0 Å². The molecule has 0 aliphatic carbocycles. The third-order valence-electron chi connectivity index (χ3n) is 4.17. The highest BCUT2D eigenvalue weighted by atomic mass is 16.5. The normalized spacial score (nSPS) is 22.8. The molecular formula is C15H30N2O2. The van der Waals surface area contributed by atoms with Gasteiger partial charge < -0.3 is 15.0 Å². The second-order valence-electron chi connectivity index (χ2n) is 5.43. The van der Waals surface area contributed by atoms with E-state index in [-0.39, 0.29) is 12.0 Å². The first-order valence-corrected chi connectivity index (χ1v) is 7.77. The maximum absolute atomic E-state index is 11.7. The molecule has 1 fully saturated rings. The van der Waals surface area contributed by atoms with Crippen LogP contribution in [0.25, 0.3) is 0 Å². The van der Waals surface area contributed by atoms with E-state index in [0.717, 1.165) is 18.9 Å². The summed E-state index contributed by atoms with van der Waals surface area (Å²) in [6.45, 7) is 7.94. The molecule has 0 aromatic rings. The van der Waals surface area contributed by atoms with Gasteiger partial charge in [-0.2, -0.15) is 0 Å². The lowest BCUT2D eigenvalue weighted by Gasteiger charge is -2.22. The molecule has 4 nitrogen and oxygen atoms in total. The lowest BCUT2D eigenvalue weighted by atomic mass is 9.98. The number of ether oxygens (including phenoxy) is 1. The first-order valence-electron chi connectivity index (χ1n) is 7.77. The quantitative estimate of drug-likeness (QED) is 0.719. The summed E-state index contributed by atoms with van der Waals surface area (Å²) >= 11 is 0. The average molecular weight is 270 g/mol. The van der Waals surface area contributed by atoms with Crippen LogP contribution < -0.4 is 5.32 Å². The molecule has 0 aromatic heterocycles. The smallest absolute Gasteiger partial charge is 0.323 e. The Morgan fingerprint density at radius 2 is 2.16 bits per heavy atom. The summed E-state index contributed by atoms with van der Waals surface area (Å²) in [5, 5.41) is 3.06. The summed E-state index contributed by atoms with van der Waals surface area (Å²) in [4.78, 5) is 14.2. The average Bonchev–Trinajstić information content (AvgIpc) is 2.65. The standard InChI is InChI=1S/C15H30N2O2/c1-4-13-7-6-10-17(11-8-13)12-9-14(16-3)15(18)19-5-2/h13-14,16H,4-12H2,1-3H3. The fourth-order valence-electron chi connectivity index (χ4n) is 2.79. The first kappa shape index (κ1) is 16.4. The summed E-state index contributed by atoms with van der Waals surface area (Å²) in [5.41, 5.74) is 0. The van der Waals surface area contributed by atoms with Crippen LogP contribution in [0.5, 0.6) is 0 Å². The van der Waals surface area contributed by atoms with Gasteiger partial charge in [0.05, 0.1) is 6.61 Å². The molecule has 0 aromatic carbocycles. The van der Waals surface area contributed by atoms with Gasteiger partial charge in [-0.25, -0.2) is 0 Å². The SMILES string of the molecule is CCOC(=O)C(CCN1CCCC(CC)CC1)NC. The number of nitrogens with one attached hydrogen (secondary N) is 1. The van der Waals surface area contributed by atoms with Crippen molar-refractivity contribution in [2.24, 2.45) is 5.92 Å². The van der Waals surface area contributed by atoms with E-state index in [1.54, 1.807) is 0 Å². The highest BCUT2D eigenvalue weighted by Crippen LogP contribution is 2.20. The molecule has 112 valence electrons. The van der Waals surface area contributed by atoms with Crippen molar-refractivity contribution in [1.29, 1.82) is 0 Å². The van der Waals surface area contributed by atoms with Gasteiger partial charge in [0.1, 0.15) is 6.04 Å². The van der Waals surface area contributed by atoms with Crippen LogP contribution in [-0.2, 0) is 9.53 Å². The van der Waals surface area contributed by atoms with Gasteiger partial charge in [0.2, 0.25) is 0 Å². The molecule has 0 radical (unpaired) electrons. The van der Waals surface area contributed by atoms with Crippen molar-refractivity contribution in [2.45, 2.75) is 52.0 Å². The van der Waals surface area contributed by atoms with Gasteiger partial charge in [-0.1, -0.05) is 13.3 Å². The van der Waals surface area contributed by atoms with Crippen LogP contribution in [0.15, 0.2) is 0 Å². The molecule has 2 unspecified atom stereocenters. The molecule has 19 heavy (non-hydrogen) atoms. The molecule has 4 heteroatoms. The molecule has 2 atom stereocenters. The zero-order valence-electron chi connectivity index (χ0n) is 12.8. The van der Waals surface area contributed by atoms with E-state index in [0.29, 0.717) is 6.61 Å². The van der Waals surface area contributed by atoms with Crippen molar-refractivity contribution in [1.82, 2.24) is 10.2 Å². The zero-order valence-corrected chi connectivity index (χ0v) is 12.8. The number of carbonyl (C=O) groups excluding carboxylic acids is 1. The van der Waals surface area contributed by atoms with Crippen LogP contribution >= 0.6 is 0 Å². The Morgan fingerprint density at radius 1 is 1.37 bits per heavy atom. The lowest BCUT2D eigenvalue weighted by molar-refractivity contribution is -0.145. The minimum Gasteiger partial charge on any atom is -0.465 e. The monoisotopic (exact) mass is 270 g/mol. The number of hydrogen-bond donors (Lipinski definition) is 1. The van der Waals surface area contributed by atoms with Gasteiger partial charge in [0.15, 0.2) is 0 Å². The minimum atomic E-state index is -0.162. The van der Waals surface area contributed by atoms with Gasteiger partial charge in [-0.3, -0.25) is 4.79 Å². The van der Waals surface area contributed by atoms with Crippen LogP contribution in [-0.4, -0.2) is 50.2 Å². The van der Waals surface area contributed by atoms with Gasteiger partial charge in [0.25, 0.3) is 0 Å². The van der Waals surface area contributed by atoms with E-state index in [1.807, 2.05) is 14.0 Å². The van der Waals surface area contributed by atoms with E-state index in [1.165, 1.54) is 38.8 Å². The summed E-state index contributed by atoms with van der Waals surface area (Å²) in [5.74, 6) is 0.779. The number of carbonyl (C=O) groups is 1. The molecular weight excluding hydrogens is 240 g/mol. The number of esters is 1. The molecule has 0 amide bonds. The van der Waals surface area contributed by atoms with Crippen molar-refractivity contribution in [3.8, 4) is 0 Å². The second kappa shape index (κ2) is 9.32. The topological polar surface area (TPSA) is 41.6 Å². The van der Waals surface area contributed by atoms with Crippen LogP contribution in [0.4, 0.5) is 0 Å². The van der Waals surface area contributed by atoms with Gasteiger partial charge in [0, 0.05) is 6.54 Å². The Labute approximate surface area is 117 Å². The Bertz CT molecular complexity index is 259. The van der Waals surface area contributed by atoms with Crippen molar-refractivity contribution in [3.05, 3.63) is 0 Å². The van der Waals surface area contributed by atoms with Crippen molar-refractivity contribution >= 4 is 5.97 Å². The lowest BCUT2D eigenvalue weighted by Crippen LogP contribution is -2.39. The Morgan fingerprint density at radius 3 is 2.79 bits per heavy atom. The van der Waals surface area contributed by atoms with Crippen LogP contribution in [0.1, 0.15) is 46.0 Å². The first-order chi connectivity index (χ1) is 9.21. The largest absolute Gasteiger partial charge is 0.465 e. The fourth-order valence-corrected chi connectivity index (χ4v) is 2.79.